The van der Waals surface area contributed by atoms with Crippen molar-refractivity contribution < 1.29 is 9.90 Å². The fourth-order valence-electron chi connectivity index (χ4n) is 4.41. The lowest BCUT2D eigenvalue weighted by atomic mass is 9.93. The molecule has 3 aromatic heterocycles. The van der Waals surface area contributed by atoms with Crippen molar-refractivity contribution >= 4 is 29.1 Å². The summed E-state index contributed by atoms with van der Waals surface area (Å²) in [5.74, 6) is 0.574. The number of carbonyl (C=O) groups excluding carboxylic acids is 1. The Balaban J connectivity index is 1.24. The number of aromatic nitrogens is 4. The number of pyridine rings is 1. The van der Waals surface area contributed by atoms with E-state index in [4.69, 9.17) is 5.41 Å². The maximum absolute atomic E-state index is 12.3. The molecule has 1 aliphatic rings. The van der Waals surface area contributed by atoms with Gasteiger partial charge in [-0.2, -0.15) is 0 Å². The van der Waals surface area contributed by atoms with Gasteiger partial charge in [0.25, 0.3) is 0 Å². The summed E-state index contributed by atoms with van der Waals surface area (Å²) in [5.41, 5.74) is 4.62. The minimum atomic E-state index is -0.566. The average molecular weight is 554 g/mol. The third kappa shape index (κ3) is 6.52. The Labute approximate surface area is 239 Å². The summed E-state index contributed by atoms with van der Waals surface area (Å²) in [7, 11) is 2.13. The van der Waals surface area contributed by atoms with Crippen molar-refractivity contribution in [2.75, 3.05) is 43.4 Å². The Morgan fingerprint density at radius 3 is 2.29 bits per heavy atom. The zero-order valence-corrected chi connectivity index (χ0v) is 23.7. The molecule has 4 aromatic rings. The zero-order valence-electron chi connectivity index (χ0n) is 23.7. The van der Waals surface area contributed by atoms with E-state index in [9.17, 15) is 9.90 Å². The summed E-state index contributed by atoms with van der Waals surface area (Å²) in [6, 6.07) is 10.8. The minimum absolute atomic E-state index is 0.0137. The fourth-order valence-corrected chi connectivity index (χ4v) is 4.41. The van der Waals surface area contributed by atoms with Crippen LogP contribution in [0, 0.1) is 10.8 Å². The second-order valence-corrected chi connectivity index (χ2v) is 11.2. The summed E-state index contributed by atoms with van der Waals surface area (Å²) in [6.07, 6.45) is 8.76. The van der Waals surface area contributed by atoms with Gasteiger partial charge in [-0.1, -0.05) is 32.9 Å². The standard InChI is InChI=1S/C30H35N9O2/c1-30(2,3)25(40)16-26(31)36-29(41)35-23-7-5-20(6-8-23)24-19-32-27-15-21(9-10-39(24)27)22-17-33-28(34-18-22)38-13-11-37(4)12-14-38/h5-10,15-19,40H,11-14H2,1-4H3,(H3,31,35,36,41)/b25-16-. The van der Waals surface area contributed by atoms with Crippen molar-refractivity contribution in [1.82, 2.24) is 29.6 Å². The van der Waals surface area contributed by atoms with E-state index in [1.54, 1.807) is 12.1 Å². The molecule has 0 atom stereocenters. The van der Waals surface area contributed by atoms with Gasteiger partial charge in [0.15, 0.2) is 0 Å². The molecule has 0 radical (unpaired) electrons. The number of nitrogens with one attached hydrogen (secondary N) is 3. The molecule has 11 nitrogen and oxygen atoms in total. The van der Waals surface area contributed by atoms with Gasteiger partial charge < -0.3 is 20.2 Å². The van der Waals surface area contributed by atoms with E-state index >= 15 is 0 Å². The molecular weight excluding hydrogens is 518 g/mol. The number of anilines is 2. The minimum Gasteiger partial charge on any atom is -0.512 e. The van der Waals surface area contributed by atoms with Gasteiger partial charge >= 0.3 is 6.03 Å². The van der Waals surface area contributed by atoms with Crippen LogP contribution in [0.25, 0.3) is 28.0 Å². The third-order valence-corrected chi connectivity index (χ3v) is 7.01. The number of hydrogen-bond donors (Lipinski definition) is 4. The largest absolute Gasteiger partial charge is 0.512 e. The molecular formula is C30H35N9O2. The molecule has 0 aliphatic carbocycles. The van der Waals surface area contributed by atoms with Crippen LogP contribution in [0.15, 0.2) is 73.0 Å². The van der Waals surface area contributed by atoms with Gasteiger partial charge in [-0.05, 0) is 36.9 Å². The van der Waals surface area contributed by atoms with Gasteiger partial charge in [0.1, 0.15) is 17.2 Å². The number of urea groups is 1. The number of fused-ring (bicyclic) bond motifs is 1. The fraction of sp³-hybridized carbons (Fsp3) is 0.300. The van der Waals surface area contributed by atoms with Gasteiger partial charge in [0, 0.05) is 73.1 Å². The Morgan fingerprint density at radius 1 is 0.951 bits per heavy atom. The van der Waals surface area contributed by atoms with Gasteiger partial charge in [-0.3, -0.25) is 15.1 Å². The van der Waals surface area contributed by atoms with Crippen molar-refractivity contribution in [3.05, 3.63) is 73.0 Å². The number of amides is 2. The Kier molecular flexibility index (Phi) is 7.71. The molecule has 0 saturated carbocycles. The lowest BCUT2D eigenvalue weighted by Gasteiger charge is -2.32. The van der Waals surface area contributed by atoms with E-state index in [1.807, 2.05) is 74.2 Å². The highest BCUT2D eigenvalue weighted by atomic mass is 16.3. The summed E-state index contributed by atoms with van der Waals surface area (Å²) >= 11 is 0. The summed E-state index contributed by atoms with van der Waals surface area (Å²) < 4.78 is 2.01. The van der Waals surface area contributed by atoms with E-state index < -0.39 is 11.4 Å². The van der Waals surface area contributed by atoms with E-state index in [0.717, 1.165) is 60.2 Å². The van der Waals surface area contributed by atoms with E-state index in [1.165, 1.54) is 6.08 Å². The molecule has 1 fully saturated rings. The number of hydrogen-bond acceptors (Lipinski definition) is 8. The molecule has 0 bridgehead atoms. The average Bonchev–Trinajstić information content (AvgIpc) is 3.37. The van der Waals surface area contributed by atoms with Crippen LogP contribution in [0.3, 0.4) is 0 Å². The predicted molar refractivity (Wildman–Crippen MR) is 161 cm³/mol. The van der Waals surface area contributed by atoms with Crippen molar-refractivity contribution in [3.8, 4) is 22.4 Å². The molecule has 2 amide bonds. The molecule has 0 spiro atoms. The van der Waals surface area contributed by atoms with E-state index in [0.29, 0.717) is 5.69 Å². The number of aliphatic hydroxyl groups is 1. The van der Waals surface area contributed by atoms with Crippen molar-refractivity contribution in [3.63, 3.8) is 0 Å². The van der Waals surface area contributed by atoms with Gasteiger partial charge in [0.05, 0.1) is 11.9 Å². The van der Waals surface area contributed by atoms with Crippen LogP contribution in [0.1, 0.15) is 20.8 Å². The van der Waals surface area contributed by atoms with Crippen LogP contribution in [-0.2, 0) is 0 Å². The molecule has 4 heterocycles. The molecule has 1 aliphatic heterocycles. The molecule has 4 N–H and O–H groups in total. The van der Waals surface area contributed by atoms with Crippen molar-refractivity contribution in [2.45, 2.75) is 20.8 Å². The number of amidine groups is 1. The highest BCUT2D eigenvalue weighted by molar-refractivity contribution is 6.06. The first-order chi connectivity index (χ1) is 19.6. The maximum Gasteiger partial charge on any atom is 0.324 e. The first kappa shape index (κ1) is 27.8. The van der Waals surface area contributed by atoms with Crippen LogP contribution < -0.4 is 15.5 Å². The highest BCUT2D eigenvalue weighted by Gasteiger charge is 2.18. The van der Waals surface area contributed by atoms with Gasteiger partial charge in [-0.25, -0.2) is 19.7 Å². The molecule has 41 heavy (non-hydrogen) atoms. The number of aliphatic hydroxyl groups excluding tert-OH is 1. The van der Waals surface area contributed by atoms with Crippen LogP contribution in [0.4, 0.5) is 16.4 Å². The third-order valence-electron chi connectivity index (χ3n) is 7.01. The molecule has 5 rings (SSSR count). The lowest BCUT2D eigenvalue weighted by molar-refractivity contribution is 0.256. The van der Waals surface area contributed by atoms with E-state index in [2.05, 4.69) is 42.4 Å². The highest BCUT2D eigenvalue weighted by Crippen LogP contribution is 2.26. The number of piperazine rings is 1. The number of carbonyl (C=O) groups is 1. The lowest BCUT2D eigenvalue weighted by Crippen LogP contribution is -2.45. The summed E-state index contributed by atoms with van der Waals surface area (Å²) in [6.45, 7) is 9.32. The predicted octanol–water partition coefficient (Wildman–Crippen LogP) is 4.80. The number of likely N-dealkylation sites (N-methyl/N-ethyl adjacent to an activating group) is 1. The Hall–Kier alpha value is -4.77. The Morgan fingerprint density at radius 2 is 1.63 bits per heavy atom. The molecule has 1 saturated heterocycles. The van der Waals surface area contributed by atoms with Crippen molar-refractivity contribution in [1.29, 1.82) is 5.41 Å². The van der Waals surface area contributed by atoms with Crippen LogP contribution >= 0.6 is 0 Å². The number of nitrogens with zero attached hydrogens (tertiary/aromatic N) is 6. The maximum atomic E-state index is 12.3. The first-order valence-corrected chi connectivity index (χ1v) is 13.5. The van der Waals surface area contributed by atoms with Gasteiger partial charge in [-0.15, -0.1) is 0 Å². The second kappa shape index (κ2) is 11.4. The topological polar surface area (TPSA) is 135 Å². The summed E-state index contributed by atoms with van der Waals surface area (Å²) in [4.78, 5) is 30.6. The summed E-state index contributed by atoms with van der Waals surface area (Å²) in [5, 5.41) is 23.0. The van der Waals surface area contributed by atoms with Crippen molar-refractivity contribution in [2.24, 2.45) is 5.41 Å². The first-order valence-electron chi connectivity index (χ1n) is 13.5. The van der Waals surface area contributed by atoms with Crippen LogP contribution in [0.5, 0.6) is 0 Å². The quantitative estimate of drug-likeness (QED) is 0.158. The monoisotopic (exact) mass is 553 g/mol. The van der Waals surface area contributed by atoms with Crippen LogP contribution in [-0.4, -0.2) is 74.5 Å². The molecule has 0 unspecified atom stereocenters. The number of rotatable bonds is 5. The normalized spacial score (nSPS) is 14.7. The zero-order chi connectivity index (χ0) is 29.1. The number of allylic oxidation sites excluding steroid dienone is 1. The number of benzene rings is 1. The molecule has 1 aromatic carbocycles. The second-order valence-electron chi connectivity index (χ2n) is 11.2. The SMILES string of the molecule is CN1CCN(c2ncc(-c3ccn4c(-c5ccc(NC(=O)NC(=N)/C=C(\O)C(C)(C)C)cc5)cnc4c3)cn2)CC1. The van der Waals surface area contributed by atoms with E-state index in [-0.39, 0.29) is 11.6 Å². The van der Waals surface area contributed by atoms with Gasteiger partial charge in [0.2, 0.25) is 5.95 Å². The Bertz CT molecular complexity index is 1580. The molecule has 212 valence electrons. The molecule has 11 heteroatoms. The number of imidazole rings is 1. The smallest absolute Gasteiger partial charge is 0.324 e. The van der Waals surface area contributed by atoms with Crippen LogP contribution in [0.2, 0.25) is 0 Å².